The lowest BCUT2D eigenvalue weighted by molar-refractivity contribution is 0.605. The zero-order valence-electron chi connectivity index (χ0n) is 10.2. The van der Waals surface area contributed by atoms with Crippen molar-refractivity contribution in [3.05, 3.63) is 40.4 Å². The molecule has 1 aromatic heterocycles. The summed E-state index contributed by atoms with van der Waals surface area (Å²) in [5.41, 5.74) is 0.724. The van der Waals surface area contributed by atoms with Crippen LogP contribution >= 0.6 is 0 Å². The molecule has 0 amide bonds. The number of hydrogen-bond acceptors (Lipinski definition) is 2. The molecule has 2 rings (SSSR count). The smallest absolute Gasteiger partial charge is 0.261 e. The van der Waals surface area contributed by atoms with Gasteiger partial charge in [-0.1, -0.05) is 26.0 Å². The Morgan fingerprint density at radius 3 is 2.76 bits per heavy atom. The molecule has 0 fully saturated rings. The molecule has 0 N–H and O–H groups in total. The normalized spacial score (nSPS) is 12.8. The van der Waals surface area contributed by atoms with E-state index in [9.17, 15) is 4.79 Å². The Morgan fingerprint density at radius 1 is 1.41 bits per heavy atom. The van der Waals surface area contributed by atoms with Gasteiger partial charge in [0.15, 0.2) is 0 Å². The molecule has 1 unspecified atom stereocenters. The van der Waals surface area contributed by atoms with Crippen molar-refractivity contribution in [3.8, 4) is 0 Å². The quantitative estimate of drug-likeness (QED) is 0.750. The van der Waals surface area contributed by atoms with Crippen LogP contribution in [0.15, 0.2) is 29.1 Å². The maximum atomic E-state index is 12.3. The molecule has 0 aliphatic rings. The van der Waals surface area contributed by atoms with Crippen LogP contribution in [-0.2, 0) is 6.54 Å². The van der Waals surface area contributed by atoms with Crippen LogP contribution in [-0.4, -0.2) is 17.4 Å². The fraction of sp³-hybridized carbons (Fsp3) is 0.385. The fourth-order valence-corrected chi connectivity index (χ4v) is 1.97. The number of hydrogen-bond donors (Lipinski definition) is 0. The van der Waals surface area contributed by atoms with Crippen LogP contribution in [0, 0.1) is 0 Å². The summed E-state index contributed by atoms with van der Waals surface area (Å²) in [6, 6.07) is 7.39. The lowest BCUT2D eigenvalue weighted by Crippen LogP contribution is -2.26. The molecule has 4 heteroatoms. The van der Waals surface area contributed by atoms with Gasteiger partial charge in [-0.2, -0.15) is 0 Å². The summed E-state index contributed by atoms with van der Waals surface area (Å²) in [6.45, 7) is 4.54. The Hall–Kier alpha value is -1.58. The van der Waals surface area contributed by atoms with E-state index in [1.54, 1.807) is 4.57 Å². The van der Waals surface area contributed by atoms with E-state index in [1.165, 1.54) is 0 Å². The van der Waals surface area contributed by atoms with E-state index in [2.05, 4.69) is 4.98 Å². The average Bonchev–Trinajstić information content (AvgIpc) is 2.32. The van der Waals surface area contributed by atoms with Gasteiger partial charge in [-0.3, -0.25) is 9.36 Å². The van der Waals surface area contributed by atoms with Gasteiger partial charge in [-0.05, 0) is 24.4 Å². The van der Waals surface area contributed by atoms with Gasteiger partial charge >= 0.3 is 0 Å². The molecule has 0 aliphatic heterocycles. The molecule has 17 heavy (non-hydrogen) atoms. The maximum absolute atomic E-state index is 12.3. The van der Waals surface area contributed by atoms with Crippen LogP contribution in [0.1, 0.15) is 31.9 Å². The molecular formula is C13H15BN2O. The topological polar surface area (TPSA) is 34.9 Å². The first kappa shape index (κ1) is 11.9. The first-order valence-electron chi connectivity index (χ1n) is 5.90. The first-order valence-corrected chi connectivity index (χ1v) is 5.90. The van der Waals surface area contributed by atoms with E-state index in [0.29, 0.717) is 17.8 Å². The van der Waals surface area contributed by atoms with Crippen molar-refractivity contribution in [2.75, 3.05) is 0 Å². The largest absolute Gasteiger partial charge is 0.297 e. The minimum Gasteiger partial charge on any atom is -0.297 e. The standard InChI is InChI=1S/C13H15BN2O/c1-3-8-16-12(9(2)14)15-11-7-5-4-6-10(11)13(16)17/h4-7,9H,3,8H2,1-2H3. The van der Waals surface area contributed by atoms with E-state index in [0.717, 1.165) is 11.9 Å². The van der Waals surface area contributed by atoms with Crippen molar-refractivity contribution in [1.82, 2.24) is 9.55 Å². The summed E-state index contributed by atoms with van der Waals surface area (Å²) in [5, 5.41) is 0.658. The average molecular weight is 226 g/mol. The Bertz CT molecular complexity index is 589. The van der Waals surface area contributed by atoms with Crippen molar-refractivity contribution in [2.45, 2.75) is 32.6 Å². The highest BCUT2D eigenvalue weighted by Crippen LogP contribution is 2.13. The lowest BCUT2D eigenvalue weighted by Gasteiger charge is -2.15. The van der Waals surface area contributed by atoms with E-state index >= 15 is 0 Å². The van der Waals surface area contributed by atoms with E-state index < -0.39 is 0 Å². The minimum absolute atomic E-state index is 0.00440. The second kappa shape index (κ2) is 4.74. The summed E-state index contributed by atoms with van der Waals surface area (Å²) >= 11 is 0. The van der Waals surface area contributed by atoms with Gasteiger partial charge < -0.3 is 0 Å². The van der Waals surface area contributed by atoms with Gasteiger partial charge in [0.25, 0.3) is 5.56 Å². The van der Waals surface area contributed by atoms with Crippen LogP contribution in [0.25, 0.3) is 10.9 Å². The van der Waals surface area contributed by atoms with Crippen LogP contribution in [0.2, 0.25) is 0 Å². The number of para-hydroxylation sites is 1. The highest BCUT2D eigenvalue weighted by molar-refractivity contribution is 6.11. The number of aromatic nitrogens is 2. The molecule has 0 aliphatic carbocycles. The van der Waals surface area contributed by atoms with Crippen LogP contribution < -0.4 is 5.56 Å². The second-order valence-electron chi connectivity index (χ2n) is 4.23. The van der Waals surface area contributed by atoms with Gasteiger partial charge in [-0.15, -0.1) is 0 Å². The predicted octanol–water partition coefficient (Wildman–Crippen LogP) is 2.04. The second-order valence-corrected chi connectivity index (χ2v) is 4.23. The van der Waals surface area contributed by atoms with Gasteiger partial charge in [0.05, 0.1) is 18.7 Å². The fourth-order valence-electron chi connectivity index (χ4n) is 1.97. The summed E-state index contributed by atoms with van der Waals surface area (Å²) in [7, 11) is 5.88. The summed E-state index contributed by atoms with van der Waals surface area (Å²) < 4.78 is 1.69. The molecule has 1 heterocycles. The van der Waals surface area contributed by atoms with Gasteiger partial charge in [0.1, 0.15) is 5.82 Å². The molecule has 2 aromatic rings. The Morgan fingerprint density at radius 2 is 2.12 bits per heavy atom. The Balaban J connectivity index is 2.79. The third-order valence-electron chi connectivity index (χ3n) is 2.75. The number of nitrogens with zero attached hydrogens (tertiary/aromatic N) is 2. The molecule has 3 nitrogen and oxygen atoms in total. The van der Waals surface area contributed by atoms with E-state index in [4.69, 9.17) is 7.85 Å². The Labute approximate surface area is 102 Å². The molecular weight excluding hydrogens is 211 g/mol. The van der Waals surface area contributed by atoms with Crippen LogP contribution in [0.5, 0.6) is 0 Å². The van der Waals surface area contributed by atoms with Crippen LogP contribution in [0.3, 0.4) is 0 Å². The molecule has 2 radical (unpaired) electrons. The molecule has 1 atom stereocenters. The highest BCUT2D eigenvalue weighted by atomic mass is 16.1. The highest BCUT2D eigenvalue weighted by Gasteiger charge is 2.12. The third-order valence-corrected chi connectivity index (χ3v) is 2.75. The van der Waals surface area contributed by atoms with Crippen molar-refractivity contribution < 1.29 is 0 Å². The van der Waals surface area contributed by atoms with Crippen molar-refractivity contribution in [1.29, 1.82) is 0 Å². The summed E-state index contributed by atoms with van der Waals surface area (Å²) in [6.07, 6.45) is 0.889. The zero-order chi connectivity index (χ0) is 12.4. The predicted molar refractivity (Wildman–Crippen MR) is 70.5 cm³/mol. The lowest BCUT2D eigenvalue weighted by atomic mass is 9.88. The third kappa shape index (κ3) is 2.12. The van der Waals surface area contributed by atoms with Crippen molar-refractivity contribution in [3.63, 3.8) is 0 Å². The van der Waals surface area contributed by atoms with Gasteiger partial charge in [0, 0.05) is 6.54 Å². The van der Waals surface area contributed by atoms with Crippen LogP contribution in [0.4, 0.5) is 0 Å². The summed E-state index contributed by atoms with van der Waals surface area (Å²) in [4.78, 5) is 16.8. The molecule has 0 saturated heterocycles. The molecule has 1 aromatic carbocycles. The monoisotopic (exact) mass is 226 g/mol. The number of fused-ring (bicyclic) bond motifs is 1. The molecule has 0 saturated carbocycles. The van der Waals surface area contributed by atoms with Gasteiger partial charge in [0.2, 0.25) is 0 Å². The van der Waals surface area contributed by atoms with E-state index in [1.807, 2.05) is 38.1 Å². The maximum Gasteiger partial charge on any atom is 0.261 e. The molecule has 86 valence electrons. The summed E-state index contributed by atoms with van der Waals surface area (Å²) in [5.74, 6) is 0.425. The van der Waals surface area contributed by atoms with E-state index in [-0.39, 0.29) is 11.4 Å². The van der Waals surface area contributed by atoms with Crippen molar-refractivity contribution >= 4 is 18.7 Å². The van der Waals surface area contributed by atoms with Crippen molar-refractivity contribution in [2.24, 2.45) is 0 Å². The van der Waals surface area contributed by atoms with Gasteiger partial charge in [-0.25, -0.2) is 4.98 Å². The number of benzene rings is 1. The zero-order valence-corrected chi connectivity index (χ0v) is 10.2. The molecule has 0 bridgehead atoms. The molecule has 0 spiro atoms. The minimum atomic E-state index is -0.237. The Kier molecular flexibility index (Phi) is 3.32. The first-order chi connectivity index (χ1) is 8.15. The SMILES string of the molecule is [B]C(C)c1nc2ccccc2c(=O)n1CCC. The number of rotatable bonds is 3.